The Morgan fingerprint density at radius 2 is 2.03 bits per heavy atom. The molecule has 0 aliphatic rings. The molecule has 10 heteroatoms. The molecular weight excluding hydrogens is 408 g/mol. The highest BCUT2D eigenvalue weighted by atomic mass is 32.2. The van der Waals surface area contributed by atoms with Gasteiger partial charge in [0, 0.05) is 36.6 Å². The standard InChI is InChI=1S/C19H16N6O2S2/c26-15(8-9-16-22-17(25-27-16)14-7-4-10-20-11-14)21-18-23-24-19(29-18)28-12-13-5-2-1-3-6-13/h1-7,10-11H,8-9,12H2,(H,21,23,26). The van der Waals surface area contributed by atoms with Crippen LogP contribution >= 0.6 is 23.1 Å². The van der Waals surface area contributed by atoms with Gasteiger partial charge in [0.25, 0.3) is 0 Å². The normalized spacial score (nSPS) is 10.8. The fourth-order valence-electron chi connectivity index (χ4n) is 2.41. The number of aryl methyl sites for hydroxylation is 1. The number of rotatable bonds is 8. The van der Waals surface area contributed by atoms with E-state index in [1.807, 2.05) is 24.3 Å². The Labute approximate surface area is 174 Å². The molecule has 8 nitrogen and oxygen atoms in total. The van der Waals surface area contributed by atoms with Crippen molar-refractivity contribution in [2.45, 2.75) is 22.9 Å². The number of amides is 1. The quantitative estimate of drug-likeness (QED) is 0.336. The molecule has 0 fully saturated rings. The van der Waals surface area contributed by atoms with E-state index >= 15 is 0 Å². The molecule has 4 rings (SSSR count). The summed E-state index contributed by atoms with van der Waals surface area (Å²) < 4.78 is 6.01. The van der Waals surface area contributed by atoms with Gasteiger partial charge >= 0.3 is 0 Å². The lowest BCUT2D eigenvalue weighted by atomic mass is 10.2. The zero-order valence-corrected chi connectivity index (χ0v) is 16.8. The second-order valence-electron chi connectivity index (χ2n) is 5.95. The summed E-state index contributed by atoms with van der Waals surface area (Å²) in [5.74, 6) is 1.48. The Bertz CT molecular complexity index is 1070. The van der Waals surface area contributed by atoms with Gasteiger partial charge in [-0.1, -0.05) is 58.6 Å². The minimum absolute atomic E-state index is 0.179. The van der Waals surface area contributed by atoms with Gasteiger partial charge in [-0.2, -0.15) is 4.98 Å². The smallest absolute Gasteiger partial charge is 0.227 e. The van der Waals surface area contributed by atoms with Crippen molar-refractivity contribution in [1.29, 1.82) is 0 Å². The third-order valence-corrected chi connectivity index (χ3v) is 5.85. The molecule has 0 unspecified atom stereocenters. The highest BCUT2D eigenvalue weighted by Gasteiger charge is 2.13. The molecule has 1 aromatic carbocycles. The van der Waals surface area contributed by atoms with Crippen LogP contribution in [0.1, 0.15) is 17.9 Å². The predicted molar refractivity (Wildman–Crippen MR) is 110 cm³/mol. The predicted octanol–water partition coefficient (Wildman–Crippen LogP) is 3.85. The first-order valence-electron chi connectivity index (χ1n) is 8.79. The minimum atomic E-state index is -0.179. The number of thioether (sulfide) groups is 1. The van der Waals surface area contributed by atoms with Gasteiger partial charge in [0.05, 0.1) is 0 Å². The zero-order valence-electron chi connectivity index (χ0n) is 15.2. The third-order valence-electron chi connectivity index (χ3n) is 3.81. The van der Waals surface area contributed by atoms with E-state index in [4.69, 9.17) is 4.52 Å². The van der Waals surface area contributed by atoms with Gasteiger partial charge in [-0.3, -0.25) is 9.78 Å². The van der Waals surface area contributed by atoms with Crippen LogP contribution in [0.3, 0.4) is 0 Å². The van der Waals surface area contributed by atoms with Crippen molar-refractivity contribution in [2.24, 2.45) is 0 Å². The lowest BCUT2D eigenvalue weighted by Gasteiger charge is -1.98. The van der Waals surface area contributed by atoms with Crippen molar-refractivity contribution < 1.29 is 9.32 Å². The average molecular weight is 425 g/mol. The van der Waals surface area contributed by atoms with Crippen molar-refractivity contribution in [3.8, 4) is 11.4 Å². The van der Waals surface area contributed by atoms with E-state index in [1.54, 1.807) is 30.2 Å². The Kier molecular flexibility index (Phi) is 6.22. The molecule has 146 valence electrons. The van der Waals surface area contributed by atoms with E-state index in [1.165, 1.54) is 16.9 Å². The lowest BCUT2D eigenvalue weighted by Crippen LogP contribution is -2.12. The maximum Gasteiger partial charge on any atom is 0.227 e. The first-order valence-corrected chi connectivity index (χ1v) is 10.6. The van der Waals surface area contributed by atoms with E-state index in [9.17, 15) is 4.79 Å². The summed E-state index contributed by atoms with van der Waals surface area (Å²) in [5.41, 5.74) is 1.98. The maximum absolute atomic E-state index is 12.2. The molecule has 0 saturated carbocycles. The first kappa shape index (κ1) is 19.2. The molecule has 4 aromatic rings. The molecule has 29 heavy (non-hydrogen) atoms. The van der Waals surface area contributed by atoms with Gasteiger partial charge in [0.1, 0.15) is 0 Å². The van der Waals surface area contributed by atoms with E-state index in [2.05, 4.69) is 42.8 Å². The Morgan fingerprint density at radius 1 is 1.14 bits per heavy atom. The zero-order chi connectivity index (χ0) is 19.9. The number of nitrogens with one attached hydrogen (secondary N) is 1. The van der Waals surface area contributed by atoms with E-state index in [0.717, 1.165) is 15.7 Å². The molecule has 0 aliphatic heterocycles. The fourth-order valence-corrected chi connectivity index (χ4v) is 4.13. The minimum Gasteiger partial charge on any atom is -0.339 e. The van der Waals surface area contributed by atoms with Gasteiger partial charge in [0.2, 0.25) is 22.8 Å². The van der Waals surface area contributed by atoms with Crippen LogP contribution < -0.4 is 5.32 Å². The number of benzene rings is 1. The summed E-state index contributed by atoms with van der Waals surface area (Å²) in [6.07, 6.45) is 3.88. The molecule has 0 bridgehead atoms. The number of aromatic nitrogens is 5. The third kappa shape index (κ3) is 5.46. The van der Waals surface area contributed by atoms with Gasteiger partial charge in [-0.25, -0.2) is 0 Å². The van der Waals surface area contributed by atoms with Crippen LogP contribution in [0.25, 0.3) is 11.4 Å². The van der Waals surface area contributed by atoms with Crippen LogP contribution in [0.15, 0.2) is 63.7 Å². The van der Waals surface area contributed by atoms with E-state index < -0.39 is 0 Å². The van der Waals surface area contributed by atoms with Crippen molar-refractivity contribution in [2.75, 3.05) is 5.32 Å². The fraction of sp³-hybridized carbons (Fsp3) is 0.158. The molecular formula is C19H16N6O2S2. The molecule has 3 heterocycles. The summed E-state index contributed by atoms with van der Waals surface area (Å²) in [6.45, 7) is 0. The molecule has 0 aliphatic carbocycles. The van der Waals surface area contributed by atoms with Gasteiger partial charge in [-0.05, 0) is 17.7 Å². The van der Waals surface area contributed by atoms with Crippen molar-refractivity contribution in [3.05, 3.63) is 66.3 Å². The van der Waals surface area contributed by atoms with E-state index in [-0.39, 0.29) is 12.3 Å². The molecule has 1 amide bonds. The summed E-state index contributed by atoms with van der Waals surface area (Å²) in [7, 11) is 0. The summed E-state index contributed by atoms with van der Waals surface area (Å²) in [4.78, 5) is 20.5. The molecule has 0 atom stereocenters. The van der Waals surface area contributed by atoms with Gasteiger partial charge < -0.3 is 9.84 Å². The monoisotopic (exact) mass is 424 g/mol. The van der Waals surface area contributed by atoms with Crippen molar-refractivity contribution in [1.82, 2.24) is 25.3 Å². The second kappa shape index (κ2) is 9.39. The van der Waals surface area contributed by atoms with Crippen LogP contribution in [0.2, 0.25) is 0 Å². The average Bonchev–Trinajstić information content (AvgIpc) is 3.42. The SMILES string of the molecule is O=C(CCc1nc(-c2cccnc2)no1)Nc1nnc(SCc2ccccc2)s1. The van der Waals surface area contributed by atoms with Crippen molar-refractivity contribution in [3.63, 3.8) is 0 Å². The molecule has 0 saturated heterocycles. The van der Waals surface area contributed by atoms with Crippen LogP contribution in [-0.4, -0.2) is 31.2 Å². The second-order valence-corrected chi connectivity index (χ2v) is 8.15. The van der Waals surface area contributed by atoms with Crippen LogP contribution in [-0.2, 0) is 17.0 Å². The van der Waals surface area contributed by atoms with E-state index in [0.29, 0.717) is 23.3 Å². The van der Waals surface area contributed by atoms with Crippen LogP contribution in [0, 0.1) is 0 Å². The highest BCUT2D eigenvalue weighted by Crippen LogP contribution is 2.28. The molecule has 1 N–H and O–H groups in total. The van der Waals surface area contributed by atoms with Crippen LogP contribution in [0.4, 0.5) is 5.13 Å². The maximum atomic E-state index is 12.2. The number of pyridine rings is 1. The summed E-state index contributed by atoms with van der Waals surface area (Å²) in [6, 6.07) is 13.8. The number of nitrogens with zero attached hydrogens (tertiary/aromatic N) is 5. The molecule has 3 aromatic heterocycles. The Morgan fingerprint density at radius 3 is 2.86 bits per heavy atom. The number of hydrogen-bond acceptors (Lipinski definition) is 9. The largest absolute Gasteiger partial charge is 0.339 e. The highest BCUT2D eigenvalue weighted by molar-refractivity contribution is 8.00. The number of anilines is 1. The number of carbonyl (C=O) groups is 1. The van der Waals surface area contributed by atoms with Gasteiger partial charge in [-0.15, -0.1) is 10.2 Å². The summed E-state index contributed by atoms with van der Waals surface area (Å²) >= 11 is 2.94. The van der Waals surface area contributed by atoms with Crippen molar-refractivity contribution >= 4 is 34.1 Å². The molecule has 0 radical (unpaired) electrons. The van der Waals surface area contributed by atoms with Crippen LogP contribution in [0.5, 0.6) is 0 Å². The Balaban J connectivity index is 1.25. The topological polar surface area (TPSA) is 107 Å². The lowest BCUT2D eigenvalue weighted by molar-refractivity contribution is -0.116. The summed E-state index contributed by atoms with van der Waals surface area (Å²) in [5, 5.41) is 15.3. The molecule has 0 spiro atoms. The van der Waals surface area contributed by atoms with Gasteiger partial charge in [0.15, 0.2) is 4.34 Å². The number of carbonyl (C=O) groups excluding carboxylic acids is 1. The first-order chi connectivity index (χ1) is 14.3. The Hall–Kier alpha value is -3.11. The number of hydrogen-bond donors (Lipinski definition) is 1.